The zero-order chi connectivity index (χ0) is 17.6. The number of aryl methyl sites for hydroxylation is 1. The number of rotatable bonds is 3. The van der Waals surface area contributed by atoms with Crippen LogP contribution < -0.4 is 5.32 Å². The van der Waals surface area contributed by atoms with Crippen LogP contribution in [0.15, 0.2) is 34.9 Å². The molecule has 1 N–H and O–H groups in total. The van der Waals surface area contributed by atoms with Gasteiger partial charge in [-0.1, -0.05) is 43.3 Å². The van der Waals surface area contributed by atoms with E-state index in [-0.39, 0.29) is 17.9 Å². The van der Waals surface area contributed by atoms with Crippen molar-refractivity contribution in [1.29, 1.82) is 0 Å². The molecule has 4 rings (SSSR count). The van der Waals surface area contributed by atoms with Crippen LogP contribution in [0.3, 0.4) is 0 Å². The van der Waals surface area contributed by atoms with Gasteiger partial charge in [-0.25, -0.2) is 4.98 Å². The second kappa shape index (κ2) is 5.99. The van der Waals surface area contributed by atoms with Gasteiger partial charge in [-0.2, -0.15) is 0 Å². The predicted octanol–water partition coefficient (Wildman–Crippen LogP) is 3.55. The molecule has 5 heteroatoms. The van der Waals surface area contributed by atoms with E-state index < -0.39 is 0 Å². The number of hydrogen-bond acceptors (Lipinski definition) is 4. The van der Waals surface area contributed by atoms with Gasteiger partial charge in [0.15, 0.2) is 0 Å². The molecule has 1 aromatic carbocycles. The van der Waals surface area contributed by atoms with Crippen LogP contribution in [0.4, 0.5) is 0 Å². The fraction of sp³-hybridized carbons (Fsp3) is 0.350. The van der Waals surface area contributed by atoms with E-state index in [4.69, 9.17) is 4.52 Å². The average molecular weight is 335 g/mol. The average Bonchev–Trinajstić information content (AvgIpc) is 3.17. The first-order valence-corrected chi connectivity index (χ1v) is 8.67. The minimum absolute atomic E-state index is 0.0848. The number of nitrogens with zero attached hydrogens (tertiary/aromatic N) is 2. The van der Waals surface area contributed by atoms with Crippen LogP contribution in [-0.2, 0) is 12.8 Å². The third-order valence-electron chi connectivity index (χ3n) is 4.86. The topological polar surface area (TPSA) is 68.0 Å². The number of carbonyl (C=O) groups excluding carboxylic acids is 1. The Morgan fingerprint density at radius 1 is 1.24 bits per heavy atom. The smallest absolute Gasteiger partial charge is 0.259 e. The summed E-state index contributed by atoms with van der Waals surface area (Å²) in [5.74, 6) is 0.121. The fourth-order valence-electron chi connectivity index (χ4n) is 3.51. The number of nitrogens with one attached hydrogen (secondary N) is 1. The zero-order valence-electron chi connectivity index (χ0n) is 14.7. The van der Waals surface area contributed by atoms with Crippen molar-refractivity contribution < 1.29 is 9.32 Å². The minimum atomic E-state index is -0.0848. The number of carbonyl (C=O) groups is 1. The van der Waals surface area contributed by atoms with Gasteiger partial charge in [0.25, 0.3) is 11.6 Å². The van der Waals surface area contributed by atoms with Gasteiger partial charge in [0.2, 0.25) is 0 Å². The summed E-state index contributed by atoms with van der Waals surface area (Å²) < 4.78 is 5.31. The first kappa shape index (κ1) is 15.8. The second-order valence-electron chi connectivity index (χ2n) is 7.04. The van der Waals surface area contributed by atoms with Crippen LogP contribution in [0, 0.1) is 6.92 Å². The first-order valence-electron chi connectivity index (χ1n) is 8.67. The van der Waals surface area contributed by atoms with Crippen molar-refractivity contribution >= 4 is 17.0 Å². The summed E-state index contributed by atoms with van der Waals surface area (Å²) in [4.78, 5) is 17.5. The molecule has 0 saturated carbocycles. The molecular weight excluding hydrogens is 314 g/mol. The lowest BCUT2D eigenvalue weighted by Gasteiger charge is -2.14. The van der Waals surface area contributed by atoms with E-state index in [1.54, 1.807) is 0 Å². The van der Waals surface area contributed by atoms with Gasteiger partial charge in [-0.3, -0.25) is 4.79 Å². The number of pyridine rings is 1. The third-order valence-corrected chi connectivity index (χ3v) is 4.86. The third kappa shape index (κ3) is 2.80. The molecule has 2 heterocycles. The summed E-state index contributed by atoms with van der Waals surface area (Å²) in [6, 6.07) is 10.3. The Kier molecular flexibility index (Phi) is 3.79. The van der Waals surface area contributed by atoms with E-state index in [1.807, 2.05) is 39.0 Å². The van der Waals surface area contributed by atoms with Crippen molar-refractivity contribution in [2.75, 3.05) is 0 Å². The number of aromatic nitrogens is 2. The summed E-state index contributed by atoms with van der Waals surface area (Å²) in [7, 11) is 0. The highest BCUT2D eigenvalue weighted by Gasteiger charge is 2.25. The molecule has 0 bridgehead atoms. The summed E-state index contributed by atoms with van der Waals surface area (Å²) >= 11 is 0. The monoisotopic (exact) mass is 335 g/mol. The molecule has 25 heavy (non-hydrogen) atoms. The van der Waals surface area contributed by atoms with Crippen molar-refractivity contribution in [3.05, 3.63) is 58.4 Å². The van der Waals surface area contributed by atoms with E-state index in [2.05, 4.69) is 27.6 Å². The standard InChI is InChI=1S/C20H21N3O2/c1-11(2)17-10-16(18-12(3)23-25-20(18)22-17)19(24)21-15-8-13-6-4-5-7-14(13)9-15/h4-7,10-11,15H,8-9H2,1-3H3,(H,21,24). The minimum Gasteiger partial charge on any atom is -0.349 e. The summed E-state index contributed by atoms with van der Waals surface area (Å²) in [6.07, 6.45) is 1.74. The lowest BCUT2D eigenvalue weighted by molar-refractivity contribution is 0.0940. The van der Waals surface area contributed by atoms with Gasteiger partial charge in [-0.05, 0) is 42.9 Å². The molecule has 0 spiro atoms. The normalized spacial score (nSPS) is 14.2. The van der Waals surface area contributed by atoms with Gasteiger partial charge < -0.3 is 9.84 Å². The Labute approximate surface area is 146 Å². The number of benzene rings is 1. The van der Waals surface area contributed by atoms with Crippen molar-refractivity contribution in [2.24, 2.45) is 0 Å². The van der Waals surface area contributed by atoms with Crippen molar-refractivity contribution in [1.82, 2.24) is 15.5 Å². The molecule has 0 aliphatic heterocycles. The highest BCUT2D eigenvalue weighted by molar-refractivity contribution is 6.06. The Balaban J connectivity index is 1.65. The molecule has 3 aromatic rings. The van der Waals surface area contributed by atoms with E-state index in [0.717, 1.165) is 18.5 Å². The lowest BCUT2D eigenvalue weighted by atomic mass is 10.0. The zero-order valence-corrected chi connectivity index (χ0v) is 14.7. The molecule has 1 aliphatic carbocycles. The van der Waals surface area contributed by atoms with E-state index >= 15 is 0 Å². The van der Waals surface area contributed by atoms with Gasteiger partial charge >= 0.3 is 0 Å². The van der Waals surface area contributed by atoms with Crippen LogP contribution in [0.25, 0.3) is 11.1 Å². The fourth-order valence-corrected chi connectivity index (χ4v) is 3.51. The predicted molar refractivity (Wildman–Crippen MR) is 95.7 cm³/mol. The molecule has 1 amide bonds. The lowest BCUT2D eigenvalue weighted by Crippen LogP contribution is -2.35. The van der Waals surface area contributed by atoms with Crippen molar-refractivity contribution in [3.63, 3.8) is 0 Å². The van der Waals surface area contributed by atoms with Crippen molar-refractivity contribution in [2.45, 2.75) is 45.6 Å². The number of hydrogen-bond donors (Lipinski definition) is 1. The highest BCUT2D eigenvalue weighted by Crippen LogP contribution is 2.26. The van der Waals surface area contributed by atoms with Crippen molar-refractivity contribution in [3.8, 4) is 0 Å². The van der Waals surface area contributed by atoms with E-state index in [0.29, 0.717) is 22.4 Å². The van der Waals surface area contributed by atoms with Gasteiger partial charge in [0, 0.05) is 11.7 Å². The maximum atomic E-state index is 13.0. The van der Waals surface area contributed by atoms with Gasteiger partial charge in [-0.15, -0.1) is 0 Å². The maximum absolute atomic E-state index is 13.0. The molecular formula is C20H21N3O2. The highest BCUT2D eigenvalue weighted by atomic mass is 16.5. The summed E-state index contributed by atoms with van der Waals surface area (Å²) in [6.45, 7) is 5.93. The molecule has 0 fully saturated rings. The summed E-state index contributed by atoms with van der Waals surface area (Å²) in [5, 5.41) is 7.87. The molecule has 0 radical (unpaired) electrons. The first-order chi connectivity index (χ1) is 12.0. The largest absolute Gasteiger partial charge is 0.349 e. The molecule has 5 nitrogen and oxygen atoms in total. The quantitative estimate of drug-likeness (QED) is 0.795. The number of fused-ring (bicyclic) bond motifs is 2. The SMILES string of the molecule is Cc1noc2nc(C(C)C)cc(C(=O)NC3Cc4ccccc4C3)c12. The molecule has 0 unspecified atom stereocenters. The van der Waals surface area contributed by atoms with Crippen LogP contribution in [-0.4, -0.2) is 22.1 Å². The Hall–Kier alpha value is -2.69. The summed E-state index contributed by atoms with van der Waals surface area (Å²) in [5.41, 5.74) is 5.20. The maximum Gasteiger partial charge on any atom is 0.259 e. The van der Waals surface area contributed by atoms with Crippen LogP contribution in [0.1, 0.15) is 52.6 Å². The van der Waals surface area contributed by atoms with Crippen LogP contribution >= 0.6 is 0 Å². The van der Waals surface area contributed by atoms with E-state index in [9.17, 15) is 4.79 Å². The van der Waals surface area contributed by atoms with Crippen LogP contribution in [0.2, 0.25) is 0 Å². The Morgan fingerprint density at radius 2 is 1.92 bits per heavy atom. The van der Waals surface area contributed by atoms with Crippen LogP contribution in [0.5, 0.6) is 0 Å². The second-order valence-corrected chi connectivity index (χ2v) is 7.04. The van der Waals surface area contributed by atoms with Gasteiger partial charge in [0.1, 0.15) is 0 Å². The molecule has 2 aromatic heterocycles. The number of amides is 1. The molecule has 0 saturated heterocycles. The van der Waals surface area contributed by atoms with Gasteiger partial charge in [0.05, 0.1) is 16.6 Å². The molecule has 128 valence electrons. The molecule has 1 aliphatic rings. The Morgan fingerprint density at radius 3 is 2.56 bits per heavy atom. The molecule has 0 atom stereocenters. The van der Waals surface area contributed by atoms with E-state index in [1.165, 1.54) is 11.1 Å². The Bertz CT molecular complexity index is 934.